The molecular formula is C27H32FN3O4. The Kier molecular flexibility index (Phi) is 8.53. The van der Waals surface area contributed by atoms with Crippen LogP contribution in [0.3, 0.4) is 0 Å². The van der Waals surface area contributed by atoms with Gasteiger partial charge in [-0.05, 0) is 49.4 Å². The molecule has 0 saturated heterocycles. The van der Waals surface area contributed by atoms with Gasteiger partial charge in [-0.2, -0.15) is 0 Å². The van der Waals surface area contributed by atoms with E-state index in [2.05, 4.69) is 4.98 Å². The third kappa shape index (κ3) is 6.83. The van der Waals surface area contributed by atoms with Crippen molar-refractivity contribution >= 4 is 12.2 Å². The molecule has 0 bridgehead atoms. The molecule has 186 valence electrons. The molecule has 2 heterocycles. The van der Waals surface area contributed by atoms with Crippen LogP contribution in [0.4, 0.5) is 4.39 Å². The molecule has 0 radical (unpaired) electrons. The number of aliphatic hydroxyl groups excluding tert-OH is 2. The molecule has 2 aromatic heterocycles. The summed E-state index contributed by atoms with van der Waals surface area (Å²) in [7, 11) is 0. The van der Waals surface area contributed by atoms with Crippen molar-refractivity contribution in [3.8, 4) is 22.5 Å². The molecule has 0 aliphatic carbocycles. The van der Waals surface area contributed by atoms with Crippen molar-refractivity contribution in [3.05, 3.63) is 66.5 Å². The van der Waals surface area contributed by atoms with E-state index in [1.165, 1.54) is 12.1 Å². The summed E-state index contributed by atoms with van der Waals surface area (Å²) < 4.78 is 20.4. The Bertz CT molecular complexity index is 1150. The third-order valence-electron chi connectivity index (χ3n) is 5.33. The van der Waals surface area contributed by atoms with Gasteiger partial charge in [-0.15, -0.1) is 0 Å². The summed E-state index contributed by atoms with van der Waals surface area (Å²) in [4.78, 5) is 20.7. The van der Waals surface area contributed by atoms with E-state index in [0.29, 0.717) is 5.69 Å². The minimum absolute atomic E-state index is 0.0235. The van der Waals surface area contributed by atoms with Gasteiger partial charge in [0.05, 0.1) is 36.6 Å². The number of hydrogen-bond acceptors (Lipinski definition) is 6. The van der Waals surface area contributed by atoms with Gasteiger partial charge in [0, 0.05) is 41.6 Å². The second kappa shape index (κ2) is 11.4. The maximum atomic E-state index is 13.6. The molecule has 7 nitrogen and oxygen atoms in total. The van der Waals surface area contributed by atoms with Crippen LogP contribution >= 0.6 is 0 Å². The van der Waals surface area contributed by atoms with Crippen molar-refractivity contribution in [2.24, 2.45) is 0 Å². The first-order chi connectivity index (χ1) is 16.6. The van der Waals surface area contributed by atoms with Crippen LogP contribution in [0.2, 0.25) is 0 Å². The van der Waals surface area contributed by atoms with Crippen molar-refractivity contribution in [1.29, 1.82) is 0 Å². The van der Waals surface area contributed by atoms with Crippen LogP contribution in [0.5, 0.6) is 0 Å². The molecule has 0 aliphatic heterocycles. The van der Waals surface area contributed by atoms with Gasteiger partial charge in [0.15, 0.2) is 0 Å². The molecule has 8 heteroatoms. The molecule has 2 N–H and O–H groups in total. The first-order valence-corrected chi connectivity index (χ1v) is 11.6. The van der Waals surface area contributed by atoms with E-state index >= 15 is 0 Å². The molecule has 35 heavy (non-hydrogen) atoms. The Morgan fingerprint density at radius 3 is 2.37 bits per heavy atom. The number of hydrogen-bond donors (Lipinski definition) is 2. The van der Waals surface area contributed by atoms with Crippen LogP contribution in [0, 0.1) is 5.82 Å². The van der Waals surface area contributed by atoms with Crippen molar-refractivity contribution in [1.82, 2.24) is 14.5 Å². The second-order valence-corrected chi connectivity index (χ2v) is 9.30. The average Bonchev–Trinajstić information content (AvgIpc) is 3.19. The van der Waals surface area contributed by atoms with E-state index in [1.807, 2.05) is 37.5 Å². The lowest BCUT2D eigenvalue weighted by Crippen LogP contribution is -2.21. The van der Waals surface area contributed by atoms with Gasteiger partial charge in [-0.25, -0.2) is 9.37 Å². The van der Waals surface area contributed by atoms with E-state index in [1.54, 1.807) is 43.7 Å². The lowest BCUT2D eigenvalue weighted by atomic mass is 9.95. The van der Waals surface area contributed by atoms with Gasteiger partial charge in [-0.3, -0.25) is 9.78 Å². The summed E-state index contributed by atoms with van der Waals surface area (Å²) >= 11 is 0. The minimum Gasteiger partial charge on any atom is -0.466 e. The number of esters is 1. The second-order valence-electron chi connectivity index (χ2n) is 9.30. The molecule has 0 spiro atoms. The zero-order valence-corrected chi connectivity index (χ0v) is 20.5. The molecule has 3 aromatic rings. The highest BCUT2D eigenvalue weighted by molar-refractivity contribution is 5.80. The largest absolute Gasteiger partial charge is 0.466 e. The first-order valence-electron chi connectivity index (χ1n) is 11.6. The number of carbonyl (C=O) groups excluding carboxylic acids is 1. The van der Waals surface area contributed by atoms with Gasteiger partial charge in [0.25, 0.3) is 0 Å². The van der Waals surface area contributed by atoms with Crippen LogP contribution in [0.25, 0.3) is 28.7 Å². The first kappa shape index (κ1) is 26.2. The number of ether oxygens (including phenoxy) is 1. The molecule has 0 amide bonds. The molecular weight excluding hydrogens is 449 g/mol. The van der Waals surface area contributed by atoms with E-state index in [0.717, 1.165) is 22.6 Å². The fourth-order valence-corrected chi connectivity index (χ4v) is 3.74. The highest BCUT2D eigenvalue weighted by Gasteiger charge is 2.27. The Balaban J connectivity index is 2.03. The van der Waals surface area contributed by atoms with Crippen LogP contribution in [-0.2, 0) is 14.9 Å². The lowest BCUT2D eigenvalue weighted by Gasteiger charge is -2.19. The molecule has 3 rings (SSSR count). The van der Waals surface area contributed by atoms with E-state index in [4.69, 9.17) is 9.72 Å². The Morgan fingerprint density at radius 1 is 1.11 bits per heavy atom. The van der Waals surface area contributed by atoms with E-state index in [9.17, 15) is 19.4 Å². The normalized spacial score (nSPS) is 13.7. The number of imidazole rings is 1. The Labute approximate surface area is 204 Å². The monoisotopic (exact) mass is 481 g/mol. The van der Waals surface area contributed by atoms with Crippen molar-refractivity contribution in [2.75, 3.05) is 6.61 Å². The molecule has 0 unspecified atom stereocenters. The lowest BCUT2D eigenvalue weighted by molar-refractivity contribution is -0.145. The molecule has 2 atom stereocenters. The fourth-order valence-electron chi connectivity index (χ4n) is 3.74. The standard InChI is InChI=1S/C27H32FN3O4/c1-5-35-23(34)17-22(33)16-21(32)12-15-31-25(19-10-13-29-14-11-19)24(30-26(31)27(2,3)4)18-6-8-20(28)9-7-18/h6-15,21-22,32-33H,5,16-17H2,1-4H3/b15-12+/t21-,22-/m1/s1. The fraction of sp³-hybridized carbons (Fsp3) is 0.370. The number of pyridine rings is 1. The summed E-state index contributed by atoms with van der Waals surface area (Å²) in [5.41, 5.74) is 2.67. The van der Waals surface area contributed by atoms with Crippen molar-refractivity contribution < 1.29 is 24.1 Å². The number of nitrogens with zero attached hydrogens (tertiary/aromatic N) is 3. The van der Waals surface area contributed by atoms with Gasteiger partial charge in [-0.1, -0.05) is 20.8 Å². The predicted octanol–water partition coefficient (Wildman–Crippen LogP) is 4.58. The Hall–Kier alpha value is -3.36. The summed E-state index contributed by atoms with van der Waals surface area (Å²) in [5.74, 6) is -0.108. The van der Waals surface area contributed by atoms with Crippen molar-refractivity contribution in [3.63, 3.8) is 0 Å². The highest BCUT2D eigenvalue weighted by Crippen LogP contribution is 2.36. The number of benzene rings is 1. The SMILES string of the molecule is CCOC(=O)C[C@H](O)C[C@H](O)/C=C/n1c(C(C)(C)C)nc(-c2ccc(F)cc2)c1-c1ccncc1. The molecule has 0 fully saturated rings. The van der Waals surface area contributed by atoms with E-state index in [-0.39, 0.29) is 30.7 Å². The predicted molar refractivity (Wildman–Crippen MR) is 133 cm³/mol. The van der Waals surface area contributed by atoms with Gasteiger partial charge in [0.2, 0.25) is 0 Å². The number of aliphatic hydroxyl groups is 2. The summed E-state index contributed by atoms with van der Waals surface area (Å²) in [6, 6.07) is 9.88. The summed E-state index contributed by atoms with van der Waals surface area (Å²) in [5, 5.41) is 20.7. The topological polar surface area (TPSA) is 97.5 Å². The number of carbonyl (C=O) groups is 1. The third-order valence-corrected chi connectivity index (χ3v) is 5.33. The van der Waals surface area contributed by atoms with Crippen LogP contribution in [0.1, 0.15) is 46.4 Å². The van der Waals surface area contributed by atoms with Gasteiger partial charge in [0.1, 0.15) is 11.6 Å². The quantitative estimate of drug-likeness (QED) is 0.434. The van der Waals surface area contributed by atoms with Crippen LogP contribution in [0.15, 0.2) is 54.9 Å². The number of rotatable bonds is 9. The molecule has 1 aromatic carbocycles. The Morgan fingerprint density at radius 2 is 1.77 bits per heavy atom. The van der Waals surface area contributed by atoms with E-state index < -0.39 is 18.2 Å². The van der Waals surface area contributed by atoms with Crippen LogP contribution in [-0.4, -0.2) is 49.5 Å². The summed E-state index contributed by atoms with van der Waals surface area (Å²) in [6.07, 6.45) is 4.40. The minimum atomic E-state index is -1.03. The highest BCUT2D eigenvalue weighted by atomic mass is 19.1. The smallest absolute Gasteiger partial charge is 0.308 e. The maximum Gasteiger partial charge on any atom is 0.308 e. The summed E-state index contributed by atoms with van der Waals surface area (Å²) in [6.45, 7) is 8.02. The maximum absolute atomic E-state index is 13.6. The van der Waals surface area contributed by atoms with Crippen molar-refractivity contribution in [2.45, 2.75) is 58.2 Å². The zero-order valence-electron chi connectivity index (χ0n) is 20.5. The number of halogens is 1. The molecule has 0 aliphatic rings. The van der Waals surface area contributed by atoms with Gasteiger partial charge >= 0.3 is 5.97 Å². The average molecular weight is 482 g/mol. The number of aromatic nitrogens is 3. The van der Waals surface area contributed by atoms with Crippen LogP contribution < -0.4 is 0 Å². The van der Waals surface area contributed by atoms with Gasteiger partial charge < -0.3 is 19.5 Å². The molecule has 0 saturated carbocycles. The zero-order chi connectivity index (χ0) is 25.6.